The minimum atomic E-state index is 0.233. The lowest BCUT2D eigenvalue weighted by Gasteiger charge is -2.26. The van der Waals surface area contributed by atoms with Crippen LogP contribution in [0.2, 0.25) is 0 Å². The minimum Gasteiger partial charge on any atom is -0.356 e. The second-order valence-electron chi connectivity index (χ2n) is 6.82. The van der Waals surface area contributed by atoms with Crippen LogP contribution in [0.25, 0.3) is 0 Å². The third-order valence-corrected chi connectivity index (χ3v) is 4.65. The molecule has 2 atom stereocenters. The summed E-state index contributed by atoms with van der Waals surface area (Å²) in [6.45, 7) is 3.11. The van der Waals surface area contributed by atoms with Crippen LogP contribution in [0.15, 0.2) is 0 Å². The third-order valence-electron chi connectivity index (χ3n) is 4.65. The van der Waals surface area contributed by atoms with Gasteiger partial charge in [-0.15, -0.1) is 0 Å². The Morgan fingerprint density at radius 3 is 2.38 bits per heavy atom. The van der Waals surface area contributed by atoms with Gasteiger partial charge in [-0.2, -0.15) is 0 Å². The van der Waals surface area contributed by atoms with Crippen molar-refractivity contribution in [1.82, 2.24) is 5.32 Å². The van der Waals surface area contributed by atoms with Crippen molar-refractivity contribution in [3.05, 3.63) is 0 Å². The van der Waals surface area contributed by atoms with Crippen LogP contribution >= 0.6 is 0 Å². The van der Waals surface area contributed by atoms with Crippen LogP contribution in [0.1, 0.15) is 90.4 Å². The van der Waals surface area contributed by atoms with E-state index in [2.05, 4.69) is 12.2 Å². The van der Waals surface area contributed by atoms with E-state index in [9.17, 15) is 4.79 Å². The molecule has 124 valence electrons. The molecule has 0 bridgehead atoms. The molecule has 0 spiro atoms. The van der Waals surface area contributed by atoms with Gasteiger partial charge in [0.15, 0.2) is 0 Å². The topological polar surface area (TPSA) is 55.1 Å². The number of unbranched alkanes of at least 4 members (excludes halogenated alkanes) is 7. The van der Waals surface area contributed by atoms with Crippen LogP contribution in [-0.2, 0) is 4.79 Å². The molecule has 0 radical (unpaired) electrons. The fraction of sp³-hybridized carbons (Fsp3) is 0.944. The molecule has 0 aromatic carbocycles. The Morgan fingerprint density at radius 1 is 1.05 bits per heavy atom. The quantitative estimate of drug-likeness (QED) is 0.563. The Bertz CT molecular complexity index is 268. The molecule has 1 rings (SSSR count). The molecule has 3 N–H and O–H groups in total. The van der Waals surface area contributed by atoms with Gasteiger partial charge < -0.3 is 11.1 Å². The maximum absolute atomic E-state index is 11.9. The average molecular weight is 296 g/mol. The average Bonchev–Trinajstić information content (AvgIpc) is 2.45. The van der Waals surface area contributed by atoms with Gasteiger partial charge >= 0.3 is 0 Å². The molecule has 0 aliphatic heterocycles. The Hall–Kier alpha value is -0.570. The molecular formula is C18H36N2O. The zero-order chi connectivity index (χ0) is 15.3. The number of rotatable bonds is 11. The Kier molecular flexibility index (Phi) is 10.6. The van der Waals surface area contributed by atoms with Crippen molar-refractivity contribution in [2.24, 2.45) is 11.7 Å². The fourth-order valence-electron chi connectivity index (χ4n) is 3.34. The third kappa shape index (κ3) is 9.89. The van der Waals surface area contributed by atoms with Crippen LogP contribution in [0, 0.1) is 5.92 Å². The van der Waals surface area contributed by atoms with Crippen LogP contribution < -0.4 is 11.1 Å². The van der Waals surface area contributed by atoms with Crippen molar-refractivity contribution in [1.29, 1.82) is 0 Å². The zero-order valence-electron chi connectivity index (χ0n) is 14.0. The second kappa shape index (κ2) is 12.0. The monoisotopic (exact) mass is 296 g/mol. The van der Waals surface area contributed by atoms with E-state index < -0.39 is 0 Å². The lowest BCUT2D eigenvalue weighted by molar-refractivity contribution is -0.122. The normalized spacial score (nSPS) is 22.2. The standard InChI is InChI=1S/C18H36N2O/c1-2-3-4-5-6-7-8-9-13-20-18(21)15-16-11-10-12-17(19)14-16/h16-17H,2-15,19H2,1H3,(H,20,21). The van der Waals surface area contributed by atoms with Crippen molar-refractivity contribution in [2.45, 2.75) is 96.4 Å². The number of carbonyl (C=O) groups is 1. The van der Waals surface area contributed by atoms with Crippen LogP contribution in [0.4, 0.5) is 0 Å². The summed E-state index contributed by atoms with van der Waals surface area (Å²) in [6, 6.07) is 0.323. The predicted octanol–water partition coefficient (Wildman–Crippen LogP) is 4.15. The van der Waals surface area contributed by atoms with Gasteiger partial charge in [0.25, 0.3) is 0 Å². The number of hydrogen-bond donors (Lipinski definition) is 2. The lowest BCUT2D eigenvalue weighted by atomic mass is 9.84. The van der Waals surface area contributed by atoms with E-state index >= 15 is 0 Å². The highest BCUT2D eigenvalue weighted by Crippen LogP contribution is 2.25. The number of nitrogens with one attached hydrogen (secondary N) is 1. The van der Waals surface area contributed by atoms with Gasteiger partial charge in [0.05, 0.1) is 0 Å². The molecule has 0 heterocycles. The van der Waals surface area contributed by atoms with E-state index in [4.69, 9.17) is 5.73 Å². The summed E-state index contributed by atoms with van der Waals surface area (Å²) in [5, 5.41) is 3.08. The summed E-state index contributed by atoms with van der Waals surface area (Å²) < 4.78 is 0. The summed E-state index contributed by atoms with van der Waals surface area (Å²) in [4.78, 5) is 11.9. The van der Waals surface area contributed by atoms with Gasteiger partial charge in [-0.25, -0.2) is 0 Å². The van der Waals surface area contributed by atoms with E-state index in [1.807, 2.05) is 0 Å². The molecule has 3 heteroatoms. The van der Waals surface area contributed by atoms with Gasteiger partial charge in [0.2, 0.25) is 5.91 Å². The number of carbonyl (C=O) groups excluding carboxylic acids is 1. The summed E-state index contributed by atoms with van der Waals surface area (Å²) in [5.41, 5.74) is 5.97. The van der Waals surface area contributed by atoms with E-state index in [1.165, 1.54) is 57.8 Å². The highest BCUT2D eigenvalue weighted by Gasteiger charge is 2.21. The number of amides is 1. The Balaban J connectivity index is 1.89. The molecule has 1 saturated carbocycles. The fourth-order valence-corrected chi connectivity index (χ4v) is 3.34. The molecule has 1 fully saturated rings. The van der Waals surface area contributed by atoms with Crippen molar-refractivity contribution >= 4 is 5.91 Å². The number of hydrogen-bond acceptors (Lipinski definition) is 2. The summed E-state index contributed by atoms with van der Waals surface area (Å²) in [5.74, 6) is 0.754. The SMILES string of the molecule is CCCCCCCCCCNC(=O)CC1CCCC(N)C1. The van der Waals surface area contributed by atoms with Gasteiger partial charge in [-0.1, -0.05) is 58.3 Å². The molecule has 1 aliphatic rings. The summed E-state index contributed by atoms with van der Waals surface area (Å²) >= 11 is 0. The van der Waals surface area contributed by atoms with Crippen LogP contribution in [-0.4, -0.2) is 18.5 Å². The van der Waals surface area contributed by atoms with Crippen molar-refractivity contribution < 1.29 is 4.79 Å². The van der Waals surface area contributed by atoms with Gasteiger partial charge in [0, 0.05) is 19.0 Å². The maximum atomic E-state index is 11.9. The van der Waals surface area contributed by atoms with Crippen molar-refractivity contribution in [3.8, 4) is 0 Å². The second-order valence-corrected chi connectivity index (χ2v) is 6.82. The van der Waals surface area contributed by atoms with Crippen molar-refractivity contribution in [3.63, 3.8) is 0 Å². The van der Waals surface area contributed by atoms with Gasteiger partial charge in [-0.05, 0) is 31.6 Å². The summed E-state index contributed by atoms with van der Waals surface area (Å²) in [7, 11) is 0. The highest BCUT2D eigenvalue weighted by molar-refractivity contribution is 5.76. The van der Waals surface area contributed by atoms with Crippen LogP contribution in [0.5, 0.6) is 0 Å². The van der Waals surface area contributed by atoms with Crippen LogP contribution in [0.3, 0.4) is 0 Å². The summed E-state index contributed by atoms with van der Waals surface area (Å²) in [6.07, 6.45) is 15.7. The van der Waals surface area contributed by atoms with Crippen molar-refractivity contribution in [2.75, 3.05) is 6.54 Å². The smallest absolute Gasteiger partial charge is 0.220 e. The highest BCUT2D eigenvalue weighted by atomic mass is 16.1. The first-order chi connectivity index (χ1) is 10.2. The minimum absolute atomic E-state index is 0.233. The molecule has 21 heavy (non-hydrogen) atoms. The Morgan fingerprint density at radius 2 is 1.71 bits per heavy atom. The molecule has 0 aromatic heterocycles. The van der Waals surface area contributed by atoms with Gasteiger partial charge in [-0.3, -0.25) is 4.79 Å². The molecule has 2 unspecified atom stereocenters. The predicted molar refractivity (Wildman–Crippen MR) is 90.2 cm³/mol. The molecular weight excluding hydrogens is 260 g/mol. The van der Waals surface area contributed by atoms with E-state index in [-0.39, 0.29) is 5.91 Å². The van der Waals surface area contributed by atoms with E-state index in [0.29, 0.717) is 18.4 Å². The molecule has 3 nitrogen and oxygen atoms in total. The lowest BCUT2D eigenvalue weighted by Crippen LogP contribution is -2.32. The zero-order valence-corrected chi connectivity index (χ0v) is 14.0. The molecule has 1 aliphatic carbocycles. The van der Waals surface area contributed by atoms with E-state index in [1.54, 1.807) is 0 Å². The first-order valence-corrected chi connectivity index (χ1v) is 9.24. The van der Waals surface area contributed by atoms with E-state index in [0.717, 1.165) is 25.8 Å². The largest absolute Gasteiger partial charge is 0.356 e. The Labute approximate surface area is 131 Å². The molecule has 0 aromatic rings. The molecule has 0 saturated heterocycles. The molecule has 1 amide bonds. The first kappa shape index (κ1) is 18.5. The number of nitrogens with two attached hydrogens (primary N) is 1. The maximum Gasteiger partial charge on any atom is 0.220 e. The van der Waals surface area contributed by atoms with Gasteiger partial charge in [0.1, 0.15) is 0 Å². The first-order valence-electron chi connectivity index (χ1n) is 9.24.